The van der Waals surface area contributed by atoms with Crippen LogP contribution in [0.4, 0.5) is 14.5 Å². The molecule has 0 bridgehead atoms. The Hall–Kier alpha value is -2.83. The van der Waals surface area contributed by atoms with Crippen molar-refractivity contribution < 1.29 is 8.78 Å². The average Bonchev–Trinajstić information content (AvgIpc) is 3.01. The number of tetrazole rings is 1. The molecule has 0 unspecified atom stereocenters. The molecule has 21 heavy (non-hydrogen) atoms. The molecule has 0 atom stereocenters. The van der Waals surface area contributed by atoms with Crippen LogP contribution in [0.3, 0.4) is 0 Å². The predicted molar refractivity (Wildman–Crippen MR) is 72.8 cm³/mol. The van der Waals surface area contributed by atoms with Crippen molar-refractivity contribution in [2.24, 2.45) is 0 Å². The monoisotopic (exact) mass is 287 g/mol. The highest BCUT2D eigenvalue weighted by molar-refractivity contribution is 5.60. The lowest BCUT2D eigenvalue weighted by atomic mass is 10.2. The van der Waals surface area contributed by atoms with E-state index < -0.39 is 11.6 Å². The van der Waals surface area contributed by atoms with Crippen molar-refractivity contribution in [2.75, 3.05) is 5.32 Å². The molecule has 5 nitrogen and oxygen atoms in total. The number of aromatic nitrogens is 4. The van der Waals surface area contributed by atoms with E-state index in [9.17, 15) is 8.78 Å². The number of hydrogen-bond donors (Lipinski definition) is 1. The van der Waals surface area contributed by atoms with E-state index in [0.29, 0.717) is 11.4 Å². The van der Waals surface area contributed by atoms with Crippen molar-refractivity contribution in [3.63, 3.8) is 0 Å². The Balaban J connectivity index is 1.86. The number of nitrogens with zero attached hydrogens (tertiary/aromatic N) is 4. The number of rotatable bonds is 4. The number of halogens is 2. The molecule has 106 valence electrons. The molecule has 0 spiro atoms. The Kier molecular flexibility index (Phi) is 3.55. The van der Waals surface area contributed by atoms with Gasteiger partial charge in [-0.2, -0.15) is 4.68 Å². The van der Waals surface area contributed by atoms with Crippen LogP contribution in [0.2, 0.25) is 0 Å². The SMILES string of the molecule is Fc1cccc(F)c1CNc1ccccc1-n1cnnn1. The molecule has 3 rings (SSSR count). The van der Waals surface area contributed by atoms with E-state index in [1.165, 1.54) is 29.2 Å². The first-order chi connectivity index (χ1) is 10.3. The maximum absolute atomic E-state index is 13.6. The highest BCUT2D eigenvalue weighted by Crippen LogP contribution is 2.20. The van der Waals surface area contributed by atoms with E-state index >= 15 is 0 Å². The molecule has 2 aromatic carbocycles. The minimum atomic E-state index is -0.581. The molecule has 0 aliphatic carbocycles. The number of nitrogens with one attached hydrogen (secondary N) is 1. The quantitative estimate of drug-likeness (QED) is 0.801. The van der Waals surface area contributed by atoms with Crippen LogP contribution >= 0.6 is 0 Å². The van der Waals surface area contributed by atoms with Crippen molar-refractivity contribution in [2.45, 2.75) is 6.54 Å². The van der Waals surface area contributed by atoms with Gasteiger partial charge in [-0.1, -0.05) is 18.2 Å². The summed E-state index contributed by atoms with van der Waals surface area (Å²) >= 11 is 0. The Labute approximate surface area is 119 Å². The van der Waals surface area contributed by atoms with Gasteiger partial charge in [0.15, 0.2) is 0 Å². The first-order valence-electron chi connectivity index (χ1n) is 6.25. The van der Waals surface area contributed by atoms with Crippen LogP contribution in [0.5, 0.6) is 0 Å². The van der Waals surface area contributed by atoms with Gasteiger partial charge in [-0.15, -0.1) is 5.10 Å². The number of benzene rings is 2. The summed E-state index contributed by atoms with van der Waals surface area (Å²) in [4.78, 5) is 0. The van der Waals surface area contributed by atoms with Gasteiger partial charge in [-0.05, 0) is 34.7 Å². The summed E-state index contributed by atoms with van der Waals surface area (Å²) in [6.45, 7) is 0.0254. The van der Waals surface area contributed by atoms with Gasteiger partial charge in [-0.3, -0.25) is 0 Å². The van der Waals surface area contributed by atoms with Crippen LogP contribution in [0.1, 0.15) is 5.56 Å². The summed E-state index contributed by atoms with van der Waals surface area (Å²) in [6, 6.07) is 11.0. The first kappa shape index (κ1) is 13.2. The second kappa shape index (κ2) is 5.66. The Morgan fingerprint density at radius 3 is 2.48 bits per heavy atom. The van der Waals surface area contributed by atoms with Gasteiger partial charge in [0.25, 0.3) is 0 Å². The van der Waals surface area contributed by atoms with Gasteiger partial charge < -0.3 is 5.32 Å². The van der Waals surface area contributed by atoms with Crippen molar-refractivity contribution in [3.05, 3.63) is 66.0 Å². The Bertz CT molecular complexity index is 723. The summed E-state index contributed by atoms with van der Waals surface area (Å²) in [5.74, 6) is -1.16. The third-order valence-corrected chi connectivity index (χ3v) is 3.02. The van der Waals surface area contributed by atoms with Crippen molar-refractivity contribution >= 4 is 5.69 Å². The lowest BCUT2D eigenvalue weighted by molar-refractivity contribution is 0.560. The second-order valence-electron chi connectivity index (χ2n) is 4.33. The second-order valence-corrected chi connectivity index (χ2v) is 4.33. The zero-order valence-corrected chi connectivity index (χ0v) is 10.9. The molecule has 0 aliphatic rings. The van der Waals surface area contributed by atoms with Crippen LogP contribution in [0.25, 0.3) is 5.69 Å². The number of hydrogen-bond acceptors (Lipinski definition) is 4. The number of para-hydroxylation sites is 2. The highest BCUT2D eigenvalue weighted by atomic mass is 19.1. The minimum Gasteiger partial charge on any atom is -0.379 e. The molecule has 7 heteroatoms. The lowest BCUT2D eigenvalue weighted by Gasteiger charge is -2.12. The van der Waals surface area contributed by atoms with E-state index in [0.717, 1.165) is 0 Å². The molecular formula is C14H11F2N5. The third-order valence-electron chi connectivity index (χ3n) is 3.02. The Morgan fingerprint density at radius 2 is 1.76 bits per heavy atom. The molecule has 3 aromatic rings. The fourth-order valence-electron chi connectivity index (χ4n) is 1.98. The first-order valence-corrected chi connectivity index (χ1v) is 6.25. The predicted octanol–water partition coefficient (Wildman–Crippen LogP) is 2.55. The van der Waals surface area contributed by atoms with Crippen LogP contribution < -0.4 is 5.32 Å². The molecule has 1 heterocycles. The van der Waals surface area contributed by atoms with Crippen molar-refractivity contribution in [3.8, 4) is 5.69 Å². The zero-order chi connectivity index (χ0) is 14.7. The van der Waals surface area contributed by atoms with Crippen LogP contribution in [-0.2, 0) is 6.54 Å². The molecule has 1 N–H and O–H groups in total. The van der Waals surface area contributed by atoms with E-state index in [4.69, 9.17) is 0 Å². The third kappa shape index (κ3) is 2.71. The van der Waals surface area contributed by atoms with Crippen molar-refractivity contribution in [1.29, 1.82) is 0 Å². The molecule has 0 radical (unpaired) electrons. The number of anilines is 1. The molecule has 0 amide bonds. The average molecular weight is 287 g/mol. The highest BCUT2D eigenvalue weighted by Gasteiger charge is 2.10. The van der Waals surface area contributed by atoms with Crippen LogP contribution in [0, 0.1) is 11.6 Å². The summed E-state index contributed by atoms with van der Waals surface area (Å²) < 4.78 is 28.7. The molecule has 0 saturated heterocycles. The van der Waals surface area contributed by atoms with Gasteiger partial charge >= 0.3 is 0 Å². The standard InChI is InChI=1S/C14H11F2N5/c15-11-4-3-5-12(16)10(11)8-17-13-6-1-2-7-14(13)21-9-18-19-20-21/h1-7,9,17H,8H2. The molecular weight excluding hydrogens is 276 g/mol. The van der Waals surface area contributed by atoms with Crippen molar-refractivity contribution in [1.82, 2.24) is 20.2 Å². The van der Waals surface area contributed by atoms with Gasteiger partial charge in [-0.25, -0.2) is 8.78 Å². The van der Waals surface area contributed by atoms with Crippen LogP contribution in [0.15, 0.2) is 48.8 Å². The molecule has 1 aromatic heterocycles. The van der Waals surface area contributed by atoms with Gasteiger partial charge in [0.05, 0.1) is 11.4 Å². The smallest absolute Gasteiger partial charge is 0.143 e. The fraction of sp³-hybridized carbons (Fsp3) is 0.0714. The Morgan fingerprint density at radius 1 is 1.00 bits per heavy atom. The topological polar surface area (TPSA) is 55.6 Å². The van der Waals surface area contributed by atoms with E-state index in [2.05, 4.69) is 20.8 Å². The summed E-state index contributed by atoms with van der Waals surface area (Å²) in [7, 11) is 0. The van der Waals surface area contributed by atoms with E-state index in [-0.39, 0.29) is 12.1 Å². The summed E-state index contributed by atoms with van der Waals surface area (Å²) in [5.41, 5.74) is 1.36. The normalized spacial score (nSPS) is 10.6. The zero-order valence-electron chi connectivity index (χ0n) is 10.9. The van der Waals surface area contributed by atoms with E-state index in [1.807, 2.05) is 12.1 Å². The van der Waals surface area contributed by atoms with Gasteiger partial charge in [0.1, 0.15) is 18.0 Å². The van der Waals surface area contributed by atoms with Gasteiger partial charge in [0, 0.05) is 12.1 Å². The lowest BCUT2D eigenvalue weighted by Crippen LogP contribution is -2.07. The molecule has 0 fully saturated rings. The molecule has 0 saturated carbocycles. The summed E-state index contributed by atoms with van der Waals surface area (Å²) in [6.07, 6.45) is 1.45. The molecule has 0 aliphatic heterocycles. The van der Waals surface area contributed by atoms with E-state index in [1.54, 1.807) is 12.1 Å². The largest absolute Gasteiger partial charge is 0.379 e. The van der Waals surface area contributed by atoms with Crippen LogP contribution in [-0.4, -0.2) is 20.2 Å². The maximum atomic E-state index is 13.6. The maximum Gasteiger partial charge on any atom is 0.143 e. The summed E-state index contributed by atoms with van der Waals surface area (Å²) in [5, 5.41) is 13.9. The fourth-order valence-corrected chi connectivity index (χ4v) is 1.98. The van der Waals surface area contributed by atoms with Gasteiger partial charge in [0.2, 0.25) is 0 Å². The minimum absolute atomic E-state index is 0.0102.